The van der Waals surface area contributed by atoms with Crippen LogP contribution in [0.15, 0.2) is 246 Å². The number of hydrogen-bond acceptors (Lipinski definition) is 13. The van der Waals surface area contributed by atoms with Gasteiger partial charge in [0.15, 0.2) is 10.1 Å². The van der Waals surface area contributed by atoms with Crippen LogP contribution < -0.4 is 0 Å². The molecule has 19 heteroatoms. The molecule has 8 aromatic heterocycles. The molecule has 0 saturated carbocycles. The second-order valence-electron chi connectivity index (χ2n) is 22.4. The Kier molecular flexibility index (Phi) is 29.7. The number of alkyl halides is 3. The Labute approximate surface area is 596 Å². The number of aliphatic hydroxyl groups is 2. The van der Waals surface area contributed by atoms with E-state index < -0.39 is 15.6 Å². The Balaban J connectivity index is 0.000000206. The van der Waals surface area contributed by atoms with Gasteiger partial charge in [-0.2, -0.15) is 13.2 Å². The van der Waals surface area contributed by atoms with Crippen molar-refractivity contribution in [3.05, 3.63) is 278 Å². The molecule has 0 aliphatic rings. The predicted molar refractivity (Wildman–Crippen MR) is 375 cm³/mol. The summed E-state index contributed by atoms with van der Waals surface area (Å²) in [4.78, 5) is 26.8. The van der Waals surface area contributed by atoms with Crippen molar-refractivity contribution >= 4 is 54.3 Å². The Bertz CT molecular complexity index is 4500. The molecule has 0 fully saturated rings. The van der Waals surface area contributed by atoms with Gasteiger partial charge in [-0.15, -0.1) is 90.0 Å². The number of aryl methyl sites for hydroxylation is 2. The fraction of sp³-hybridized carbons (Fsp3) is 0.165. The molecule has 0 amide bonds. The number of benzene rings is 6. The van der Waals surface area contributed by atoms with Crippen LogP contribution in [-0.2, 0) is 63.2 Å². The van der Waals surface area contributed by atoms with Crippen molar-refractivity contribution < 1.29 is 85.4 Å². The Morgan fingerprint density at radius 2 is 0.878 bits per heavy atom. The zero-order chi connectivity index (χ0) is 68.8. The fourth-order valence-corrected chi connectivity index (χ4v) is 10.1. The van der Waals surface area contributed by atoms with Gasteiger partial charge in [0.2, 0.25) is 11.4 Å². The third-order valence-corrected chi connectivity index (χ3v) is 15.0. The van der Waals surface area contributed by atoms with Gasteiger partial charge in [0, 0.05) is 112 Å². The standard InChI is InChI=1S/C27H24N2O.C27H23N2O.2C11H8N.CHF3O3S.2CH4O.2Ir/c2*1-17(2)15-19-8-10-20(11-9-19)21-13-14-28-25(16-21)24-6-4-5-22-23-12-7-18(3)29-27(23)30-26(22)24;2*1-2-6-10(7-3-1)11-8-4-5-9-12-11;2-1(3,4)8(5,6)7;2*1-2;;/h4-14,16-17H,15H2,1-3H3;4-5,7-14,16-17H,15H2,1-3H3;2*1-6,8-9H;(H,5,6,7);2*2H,1H3;;/q;3*-1;;;;;/p-1. The maximum Gasteiger partial charge on any atom is 0.485 e. The van der Waals surface area contributed by atoms with E-state index in [1.54, 1.807) is 12.4 Å². The molecule has 13 nitrogen and oxygen atoms in total. The monoisotopic (exact) mass is 1690 g/mol. The van der Waals surface area contributed by atoms with Crippen molar-refractivity contribution in [2.45, 2.75) is 59.9 Å². The first kappa shape index (κ1) is 77.7. The summed E-state index contributed by atoms with van der Waals surface area (Å²) in [6.07, 6.45) is 9.50. The van der Waals surface area contributed by atoms with Crippen LogP contribution in [0.4, 0.5) is 13.2 Å². The van der Waals surface area contributed by atoms with Gasteiger partial charge in [0.25, 0.3) is 0 Å². The minimum atomic E-state index is -6.09. The van der Waals surface area contributed by atoms with Gasteiger partial charge in [0.05, 0.1) is 11.3 Å². The normalized spacial score (nSPS) is 10.7. The van der Waals surface area contributed by atoms with Crippen LogP contribution >= 0.6 is 0 Å². The van der Waals surface area contributed by atoms with E-state index in [1.165, 1.54) is 22.3 Å². The maximum atomic E-state index is 10.7. The molecular weight excluding hydrogens is 1620 g/mol. The van der Waals surface area contributed by atoms with Gasteiger partial charge < -0.3 is 38.6 Å². The van der Waals surface area contributed by atoms with E-state index in [9.17, 15) is 13.2 Å². The number of furan rings is 2. The van der Waals surface area contributed by atoms with Crippen molar-refractivity contribution in [2.75, 3.05) is 14.2 Å². The molecule has 0 aliphatic carbocycles. The van der Waals surface area contributed by atoms with E-state index in [-0.39, 0.29) is 40.2 Å². The van der Waals surface area contributed by atoms with Crippen molar-refractivity contribution in [2.24, 2.45) is 11.8 Å². The number of nitrogens with zero attached hydrogens (tertiary/aromatic N) is 6. The first-order valence-corrected chi connectivity index (χ1v) is 32.0. The van der Waals surface area contributed by atoms with Gasteiger partial charge in [-0.25, -0.2) is 18.4 Å². The summed E-state index contributed by atoms with van der Waals surface area (Å²) in [6, 6.07) is 81.3. The number of aromatic nitrogens is 6. The van der Waals surface area contributed by atoms with Crippen molar-refractivity contribution in [1.82, 2.24) is 29.9 Å². The second-order valence-corrected chi connectivity index (χ2v) is 23.8. The molecule has 14 rings (SSSR count). The van der Waals surface area contributed by atoms with Gasteiger partial charge in [0.1, 0.15) is 5.58 Å². The summed E-state index contributed by atoms with van der Waals surface area (Å²) < 4.78 is 71.2. The molecule has 6 aromatic carbocycles. The number of halogens is 3. The third kappa shape index (κ3) is 21.1. The Morgan fingerprint density at radius 3 is 1.31 bits per heavy atom. The summed E-state index contributed by atoms with van der Waals surface area (Å²) in [7, 11) is -4.09. The van der Waals surface area contributed by atoms with Crippen molar-refractivity contribution in [3.63, 3.8) is 0 Å². The Hall–Kier alpha value is -9.26. The molecule has 0 bridgehead atoms. The van der Waals surface area contributed by atoms with Gasteiger partial charge in [-0.3, -0.25) is 4.98 Å². The molecule has 0 unspecified atom stereocenters. The average molecular weight is 1690 g/mol. The number of rotatable bonds is 10. The molecule has 0 spiro atoms. The zero-order valence-corrected chi connectivity index (χ0v) is 60.5. The molecule has 2 radical (unpaired) electrons. The SMILES string of the molecule is CO.CO.Cc1ccc2c(n1)oc1c(-c3cc(-c4ccc(CC(C)C)cc4)ccn3)[c-]ccc12.Cc1ccc2c(n1)oc1c(-c3cc(-c4ccc(CC(C)C)cc4)ccn3)cccc12.O=S(=O)([O-])C(F)(F)F.[Ir].[Ir].[c-]1ccccc1-c1ccccn1.[c-]1ccccc1-c1ccccn1. The van der Waals surface area contributed by atoms with E-state index in [0.717, 1.165) is 127 Å². The van der Waals surface area contributed by atoms with Gasteiger partial charge in [-0.1, -0.05) is 130 Å². The van der Waals surface area contributed by atoms with E-state index >= 15 is 0 Å². The Morgan fingerprint density at radius 1 is 0.449 bits per heavy atom. The largest absolute Gasteiger partial charge is 0.741 e. The van der Waals surface area contributed by atoms with Crippen LogP contribution in [0, 0.1) is 43.9 Å². The minimum absolute atomic E-state index is 0. The maximum absolute atomic E-state index is 10.7. The second kappa shape index (κ2) is 37.5. The van der Waals surface area contributed by atoms with E-state index in [4.69, 9.17) is 32.0 Å². The average Bonchev–Trinajstić information content (AvgIpc) is 1.61. The first-order chi connectivity index (χ1) is 46.3. The quantitative estimate of drug-likeness (QED) is 0.0745. The first-order valence-electron chi connectivity index (χ1n) is 30.6. The van der Waals surface area contributed by atoms with Crippen molar-refractivity contribution in [3.8, 4) is 67.3 Å². The molecule has 8 heterocycles. The van der Waals surface area contributed by atoms with Gasteiger partial charge >= 0.3 is 5.51 Å². The topological polar surface area (TPSA) is 201 Å². The molecule has 0 saturated heterocycles. The molecular formula is C79H71F3Ir2N6O7S-4. The summed E-state index contributed by atoms with van der Waals surface area (Å²) in [6.45, 7) is 12.9. The molecule has 0 atom stereocenters. The number of para-hydroxylation sites is 1. The number of fused-ring (bicyclic) bond motifs is 6. The van der Waals surface area contributed by atoms with Crippen LogP contribution in [-0.4, -0.2) is 72.8 Å². The van der Waals surface area contributed by atoms with Crippen LogP contribution in [0.25, 0.3) is 111 Å². The third-order valence-electron chi connectivity index (χ3n) is 14.4. The number of hydrogen-bond donors (Lipinski definition) is 2. The van der Waals surface area contributed by atoms with Gasteiger partial charge in [-0.05, 0) is 150 Å². The molecule has 14 aromatic rings. The minimum Gasteiger partial charge on any atom is -0.741 e. The van der Waals surface area contributed by atoms with Crippen LogP contribution in [0.5, 0.6) is 0 Å². The molecule has 98 heavy (non-hydrogen) atoms. The number of pyridine rings is 6. The summed E-state index contributed by atoms with van der Waals surface area (Å²) in [5.41, 5.74) is 14.2. The van der Waals surface area contributed by atoms with Crippen LogP contribution in [0.1, 0.15) is 50.2 Å². The van der Waals surface area contributed by atoms with E-state index in [1.807, 2.05) is 142 Å². The fourth-order valence-electron chi connectivity index (χ4n) is 10.1. The molecule has 0 aliphatic heterocycles. The van der Waals surface area contributed by atoms with Crippen molar-refractivity contribution in [1.29, 1.82) is 0 Å². The van der Waals surface area contributed by atoms with Crippen LogP contribution in [0.3, 0.4) is 0 Å². The molecule has 508 valence electrons. The summed E-state index contributed by atoms with van der Waals surface area (Å²) in [5.74, 6) is 1.31. The van der Waals surface area contributed by atoms with Crippen LogP contribution in [0.2, 0.25) is 0 Å². The molecule has 2 N–H and O–H groups in total. The zero-order valence-electron chi connectivity index (χ0n) is 54.9. The van der Waals surface area contributed by atoms with E-state index in [2.05, 4.69) is 173 Å². The smallest absolute Gasteiger partial charge is 0.485 e. The van der Waals surface area contributed by atoms with E-state index in [0.29, 0.717) is 23.3 Å². The predicted octanol–water partition coefficient (Wildman–Crippen LogP) is 18.6. The summed E-state index contributed by atoms with van der Waals surface area (Å²) >= 11 is 0. The number of aliphatic hydroxyl groups excluding tert-OH is 2. The summed E-state index contributed by atoms with van der Waals surface area (Å²) in [5, 5.41) is 18.2.